The highest BCUT2D eigenvalue weighted by Crippen LogP contribution is 2.52. The third kappa shape index (κ3) is 3.72. The lowest BCUT2D eigenvalue weighted by Gasteiger charge is -2.16. The molecule has 7 nitrogen and oxygen atoms in total. The summed E-state index contributed by atoms with van der Waals surface area (Å²) in [6, 6.07) is 14.4. The number of carbonyl (C=O) groups excluding carboxylic acids is 2. The number of ketones is 1. The SMILES string of the molecule is COc1ccccc1C(=O)c1ccc(NC(=O)C2(c3ccc4c(c3)OC(F)(F)O4)CC2)nc1C. The number of hydrogen-bond donors (Lipinski definition) is 1. The Balaban J connectivity index is 1.35. The van der Waals surface area contributed by atoms with Gasteiger partial charge in [-0.1, -0.05) is 18.2 Å². The van der Waals surface area contributed by atoms with Crippen molar-refractivity contribution < 1.29 is 32.6 Å². The molecule has 0 atom stereocenters. The van der Waals surface area contributed by atoms with Crippen molar-refractivity contribution in [1.29, 1.82) is 0 Å². The first-order valence-electron chi connectivity index (χ1n) is 10.6. The van der Waals surface area contributed by atoms with Gasteiger partial charge in [-0.2, -0.15) is 0 Å². The van der Waals surface area contributed by atoms with E-state index >= 15 is 0 Å². The average Bonchev–Trinajstić information content (AvgIpc) is 3.56. The monoisotopic (exact) mass is 466 g/mol. The summed E-state index contributed by atoms with van der Waals surface area (Å²) >= 11 is 0. The molecule has 174 valence electrons. The van der Waals surface area contributed by atoms with Gasteiger partial charge in [0.1, 0.15) is 11.6 Å². The van der Waals surface area contributed by atoms with Crippen LogP contribution in [0.5, 0.6) is 17.2 Å². The van der Waals surface area contributed by atoms with Crippen LogP contribution in [0, 0.1) is 6.92 Å². The lowest BCUT2D eigenvalue weighted by molar-refractivity contribution is -0.286. The van der Waals surface area contributed by atoms with Gasteiger partial charge in [-0.15, -0.1) is 8.78 Å². The smallest absolute Gasteiger partial charge is 0.496 e. The Hall–Kier alpha value is -4.01. The van der Waals surface area contributed by atoms with Crippen LogP contribution in [0.15, 0.2) is 54.6 Å². The molecule has 1 fully saturated rings. The fourth-order valence-electron chi connectivity index (χ4n) is 4.10. The van der Waals surface area contributed by atoms with Crippen molar-refractivity contribution in [2.45, 2.75) is 31.5 Å². The van der Waals surface area contributed by atoms with Crippen molar-refractivity contribution in [3.05, 3.63) is 77.0 Å². The average molecular weight is 466 g/mol. The van der Waals surface area contributed by atoms with Crippen molar-refractivity contribution in [2.24, 2.45) is 0 Å². The minimum atomic E-state index is -3.72. The molecule has 1 aromatic heterocycles. The number of alkyl halides is 2. The van der Waals surface area contributed by atoms with Gasteiger partial charge in [-0.05, 0) is 61.7 Å². The van der Waals surface area contributed by atoms with Crippen molar-refractivity contribution in [3.63, 3.8) is 0 Å². The van der Waals surface area contributed by atoms with E-state index in [2.05, 4.69) is 19.8 Å². The van der Waals surface area contributed by atoms with Crippen LogP contribution in [-0.4, -0.2) is 30.1 Å². The topological polar surface area (TPSA) is 86.8 Å². The van der Waals surface area contributed by atoms with Crippen molar-refractivity contribution >= 4 is 17.5 Å². The predicted octanol–water partition coefficient (Wildman–Crippen LogP) is 4.62. The first-order valence-corrected chi connectivity index (χ1v) is 10.6. The van der Waals surface area contributed by atoms with Crippen LogP contribution in [0.3, 0.4) is 0 Å². The molecule has 1 N–H and O–H groups in total. The van der Waals surface area contributed by atoms with Crippen molar-refractivity contribution in [2.75, 3.05) is 12.4 Å². The zero-order valence-electron chi connectivity index (χ0n) is 18.4. The molecule has 0 saturated heterocycles. The van der Waals surface area contributed by atoms with E-state index in [1.165, 1.54) is 19.2 Å². The Bertz CT molecular complexity index is 1320. The van der Waals surface area contributed by atoms with Crippen LogP contribution in [0.25, 0.3) is 0 Å². The van der Waals surface area contributed by atoms with Crippen LogP contribution in [0.2, 0.25) is 0 Å². The fourth-order valence-corrected chi connectivity index (χ4v) is 4.10. The molecule has 2 aromatic carbocycles. The highest BCUT2D eigenvalue weighted by atomic mass is 19.3. The third-order valence-corrected chi connectivity index (χ3v) is 6.06. The third-order valence-electron chi connectivity index (χ3n) is 6.06. The molecule has 0 radical (unpaired) electrons. The standard InChI is InChI=1S/C25H20F2N2O5/c1-14-16(22(30)17-5-3-4-6-18(17)32-2)8-10-21(28-14)29-23(31)24(11-12-24)15-7-9-19-20(13-15)34-25(26,27)33-19/h3-10,13H,11-12H2,1-2H3,(H,28,29,31). The molecule has 0 unspecified atom stereocenters. The Morgan fingerprint density at radius 1 is 1.00 bits per heavy atom. The van der Waals surface area contributed by atoms with E-state index in [9.17, 15) is 18.4 Å². The summed E-state index contributed by atoms with van der Waals surface area (Å²) in [4.78, 5) is 30.5. The normalized spacial score (nSPS) is 16.6. The number of aromatic nitrogens is 1. The summed E-state index contributed by atoms with van der Waals surface area (Å²) in [7, 11) is 1.50. The number of hydrogen-bond acceptors (Lipinski definition) is 6. The minimum Gasteiger partial charge on any atom is -0.496 e. The van der Waals surface area contributed by atoms with Gasteiger partial charge in [0.15, 0.2) is 17.3 Å². The van der Waals surface area contributed by atoms with Crippen LogP contribution < -0.4 is 19.5 Å². The van der Waals surface area contributed by atoms with Gasteiger partial charge in [0.05, 0.1) is 23.8 Å². The summed E-state index contributed by atoms with van der Waals surface area (Å²) < 4.78 is 40.9. The molecule has 2 heterocycles. The van der Waals surface area contributed by atoms with E-state index in [0.717, 1.165) is 0 Å². The molecule has 1 aliphatic carbocycles. The Morgan fingerprint density at radius 2 is 1.74 bits per heavy atom. The Kier molecular flexibility index (Phi) is 5.00. The summed E-state index contributed by atoms with van der Waals surface area (Å²) in [5.74, 6) is 0.0244. The quantitative estimate of drug-likeness (QED) is 0.534. The van der Waals surface area contributed by atoms with E-state index in [-0.39, 0.29) is 29.0 Å². The summed E-state index contributed by atoms with van der Waals surface area (Å²) in [6.45, 7) is 1.68. The maximum Gasteiger partial charge on any atom is 0.586 e. The molecular formula is C25H20F2N2O5. The van der Waals surface area contributed by atoms with E-state index in [0.29, 0.717) is 41.0 Å². The highest BCUT2D eigenvalue weighted by Gasteiger charge is 2.53. The summed E-state index contributed by atoms with van der Waals surface area (Å²) in [5.41, 5.74) is 0.948. The lowest BCUT2D eigenvalue weighted by Crippen LogP contribution is -2.28. The number of pyridine rings is 1. The summed E-state index contributed by atoms with van der Waals surface area (Å²) in [6.07, 6.45) is -2.61. The number of rotatable bonds is 6. The molecule has 34 heavy (non-hydrogen) atoms. The Morgan fingerprint density at radius 3 is 2.44 bits per heavy atom. The van der Waals surface area contributed by atoms with E-state index in [4.69, 9.17) is 4.74 Å². The van der Waals surface area contributed by atoms with Gasteiger partial charge in [-0.3, -0.25) is 9.59 Å². The second-order valence-corrected chi connectivity index (χ2v) is 8.22. The molecule has 0 spiro atoms. The van der Waals surface area contributed by atoms with E-state index < -0.39 is 11.7 Å². The largest absolute Gasteiger partial charge is 0.586 e. The number of methoxy groups -OCH3 is 1. The van der Waals surface area contributed by atoms with Gasteiger partial charge in [0, 0.05) is 5.56 Å². The van der Waals surface area contributed by atoms with Crippen molar-refractivity contribution in [1.82, 2.24) is 4.98 Å². The van der Waals surface area contributed by atoms with E-state index in [1.54, 1.807) is 49.4 Å². The lowest BCUT2D eigenvalue weighted by atomic mass is 9.94. The number of amides is 1. The van der Waals surface area contributed by atoms with Gasteiger partial charge in [-0.25, -0.2) is 4.98 Å². The number of para-hydroxylation sites is 1. The minimum absolute atomic E-state index is 0.0717. The van der Waals surface area contributed by atoms with Gasteiger partial charge in [0.25, 0.3) is 0 Å². The molecule has 1 saturated carbocycles. The molecule has 9 heteroatoms. The number of anilines is 1. The molecule has 1 aliphatic heterocycles. The number of ether oxygens (including phenoxy) is 3. The highest BCUT2D eigenvalue weighted by molar-refractivity contribution is 6.11. The molecular weight excluding hydrogens is 446 g/mol. The van der Waals surface area contributed by atoms with Crippen LogP contribution in [0.4, 0.5) is 14.6 Å². The number of aryl methyl sites for hydroxylation is 1. The number of halogens is 2. The predicted molar refractivity (Wildman–Crippen MR) is 118 cm³/mol. The van der Waals surface area contributed by atoms with Gasteiger partial charge >= 0.3 is 6.29 Å². The first kappa shape index (κ1) is 21.8. The number of fused-ring (bicyclic) bond motifs is 1. The maximum absolute atomic E-state index is 13.3. The second-order valence-electron chi connectivity index (χ2n) is 8.22. The molecule has 0 bridgehead atoms. The van der Waals surface area contributed by atoms with Crippen LogP contribution in [0.1, 0.15) is 40.0 Å². The van der Waals surface area contributed by atoms with Gasteiger partial charge in [0.2, 0.25) is 5.91 Å². The van der Waals surface area contributed by atoms with E-state index in [1.807, 2.05) is 0 Å². The fraction of sp³-hybridized carbons (Fsp3) is 0.240. The number of benzene rings is 2. The van der Waals surface area contributed by atoms with Gasteiger partial charge < -0.3 is 19.5 Å². The zero-order valence-corrected chi connectivity index (χ0v) is 18.4. The van der Waals surface area contributed by atoms with Crippen LogP contribution >= 0.6 is 0 Å². The summed E-state index contributed by atoms with van der Waals surface area (Å²) in [5, 5.41) is 2.79. The number of carbonyl (C=O) groups is 2. The maximum atomic E-state index is 13.3. The number of nitrogens with one attached hydrogen (secondary N) is 1. The second kappa shape index (κ2) is 7.79. The Labute approximate surface area is 193 Å². The number of nitrogens with zero attached hydrogens (tertiary/aromatic N) is 1. The molecule has 5 rings (SSSR count). The van der Waals surface area contributed by atoms with Crippen LogP contribution in [-0.2, 0) is 10.2 Å². The zero-order chi connectivity index (χ0) is 24.1. The first-order chi connectivity index (χ1) is 16.2. The molecule has 1 amide bonds. The molecule has 3 aromatic rings. The molecule has 2 aliphatic rings. The van der Waals surface area contributed by atoms with Crippen molar-refractivity contribution in [3.8, 4) is 17.2 Å².